The molecule has 1 amide bonds. The first-order valence-electron chi connectivity index (χ1n) is 4.94. The third kappa shape index (κ3) is 2.30. The second-order valence-corrected chi connectivity index (χ2v) is 4.01. The minimum atomic E-state index is -0.932. The van der Waals surface area contributed by atoms with Crippen LogP contribution in [0.5, 0.6) is 0 Å². The summed E-state index contributed by atoms with van der Waals surface area (Å²) in [5, 5.41) is 9.19. The smallest absolute Gasteiger partial charge is 0.312 e. The third-order valence-electron chi connectivity index (χ3n) is 2.92. The van der Waals surface area contributed by atoms with Crippen LogP contribution in [-0.2, 0) is 9.59 Å². The first kappa shape index (κ1) is 11.6. The van der Waals surface area contributed by atoms with Crippen molar-refractivity contribution in [3.8, 4) is 12.3 Å². The average molecular weight is 209 g/mol. The number of carbonyl (C=O) groups excluding carboxylic acids is 1. The van der Waals surface area contributed by atoms with Gasteiger partial charge in [-0.05, 0) is 12.8 Å². The Hall–Kier alpha value is -1.50. The predicted octanol–water partition coefficient (Wildman–Crippen LogP) is 0.723. The quantitative estimate of drug-likeness (QED) is 0.682. The van der Waals surface area contributed by atoms with Crippen LogP contribution >= 0.6 is 0 Å². The molecule has 1 N–H and O–H groups in total. The van der Waals surface area contributed by atoms with Crippen LogP contribution in [-0.4, -0.2) is 35.0 Å². The van der Waals surface area contributed by atoms with Crippen molar-refractivity contribution in [2.75, 3.05) is 13.1 Å². The molecule has 1 saturated heterocycles. The van der Waals surface area contributed by atoms with Gasteiger partial charge in [0.15, 0.2) is 0 Å². The number of hydrogen-bond acceptors (Lipinski definition) is 2. The monoisotopic (exact) mass is 209 g/mol. The summed E-state index contributed by atoms with van der Waals surface area (Å²) < 4.78 is 0. The molecular weight excluding hydrogens is 194 g/mol. The fourth-order valence-electron chi connectivity index (χ4n) is 1.99. The van der Waals surface area contributed by atoms with E-state index in [1.807, 2.05) is 0 Å². The molecule has 0 aromatic rings. The molecule has 0 spiro atoms. The second kappa shape index (κ2) is 4.35. The molecule has 1 heterocycles. The molecule has 0 aromatic carbocycles. The van der Waals surface area contributed by atoms with Gasteiger partial charge in [-0.3, -0.25) is 9.59 Å². The van der Waals surface area contributed by atoms with Crippen molar-refractivity contribution in [3.05, 3.63) is 0 Å². The van der Waals surface area contributed by atoms with E-state index in [9.17, 15) is 14.7 Å². The van der Waals surface area contributed by atoms with E-state index >= 15 is 0 Å². The Kier molecular flexibility index (Phi) is 3.35. The number of carboxylic acids is 1. The summed E-state index contributed by atoms with van der Waals surface area (Å²) >= 11 is 0. The molecule has 4 heteroatoms. The lowest BCUT2D eigenvalue weighted by molar-refractivity contribution is -0.154. The minimum Gasteiger partial charge on any atom is -0.481 e. The molecule has 1 atom stereocenters. The number of terminal acetylenes is 1. The van der Waals surface area contributed by atoms with Crippen LogP contribution in [0.25, 0.3) is 0 Å². The van der Waals surface area contributed by atoms with Gasteiger partial charge in [0, 0.05) is 26.4 Å². The van der Waals surface area contributed by atoms with E-state index in [-0.39, 0.29) is 18.9 Å². The molecule has 1 aliphatic heterocycles. The van der Waals surface area contributed by atoms with Gasteiger partial charge >= 0.3 is 5.97 Å². The summed E-state index contributed by atoms with van der Waals surface area (Å²) in [6.07, 6.45) is 6.63. The highest BCUT2D eigenvalue weighted by Gasteiger charge is 2.42. The van der Waals surface area contributed by atoms with E-state index in [1.54, 1.807) is 4.90 Å². The first-order chi connectivity index (χ1) is 7.02. The Balaban J connectivity index is 2.85. The maximum atomic E-state index is 11.2. The number of carbonyl (C=O) groups is 2. The second-order valence-electron chi connectivity index (χ2n) is 4.01. The van der Waals surface area contributed by atoms with Crippen molar-refractivity contribution < 1.29 is 14.7 Å². The fourth-order valence-corrected chi connectivity index (χ4v) is 1.99. The minimum absolute atomic E-state index is 0.0858. The maximum Gasteiger partial charge on any atom is 0.312 e. The van der Waals surface area contributed by atoms with Gasteiger partial charge in [0.05, 0.1) is 5.41 Å². The number of nitrogens with zero attached hydrogens (tertiary/aromatic N) is 1. The normalized spacial score (nSPS) is 25.7. The van der Waals surface area contributed by atoms with Crippen LogP contribution in [0.4, 0.5) is 0 Å². The van der Waals surface area contributed by atoms with Crippen LogP contribution in [0.15, 0.2) is 0 Å². The SMILES string of the molecule is C#CCC1(C(=O)O)CCCN(C(C)=O)C1. The van der Waals surface area contributed by atoms with Crippen LogP contribution in [0.1, 0.15) is 26.2 Å². The van der Waals surface area contributed by atoms with Crippen LogP contribution in [0, 0.1) is 17.8 Å². The molecule has 1 unspecified atom stereocenters. The van der Waals surface area contributed by atoms with Crippen LogP contribution in [0.3, 0.4) is 0 Å². The van der Waals surface area contributed by atoms with E-state index in [0.29, 0.717) is 19.4 Å². The molecule has 82 valence electrons. The number of hydrogen-bond donors (Lipinski definition) is 1. The summed E-state index contributed by atoms with van der Waals surface area (Å²) in [6, 6.07) is 0. The Morgan fingerprint density at radius 2 is 2.27 bits per heavy atom. The molecule has 0 bridgehead atoms. The standard InChI is InChI=1S/C11H15NO3/c1-3-5-11(10(14)15)6-4-7-12(8-11)9(2)13/h1H,4-8H2,2H3,(H,14,15). The summed E-state index contributed by atoms with van der Waals surface area (Å²) in [6.45, 7) is 2.32. The molecule has 0 aromatic heterocycles. The largest absolute Gasteiger partial charge is 0.481 e. The number of likely N-dealkylation sites (tertiary alicyclic amines) is 1. The molecule has 0 radical (unpaired) electrons. The zero-order chi connectivity index (χ0) is 11.5. The zero-order valence-corrected chi connectivity index (χ0v) is 8.82. The van der Waals surface area contributed by atoms with E-state index < -0.39 is 11.4 Å². The maximum absolute atomic E-state index is 11.2. The average Bonchev–Trinajstić information content (AvgIpc) is 2.18. The Morgan fingerprint density at radius 1 is 1.60 bits per heavy atom. The highest BCUT2D eigenvalue weighted by Crippen LogP contribution is 2.33. The number of aliphatic carboxylic acids is 1. The van der Waals surface area contributed by atoms with Crippen molar-refractivity contribution >= 4 is 11.9 Å². The van der Waals surface area contributed by atoms with Gasteiger partial charge in [-0.15, -0.1) is 12.3 Å². The topological polar surface area (TPSA) is 57.6 Å². The van der Waals surface area contributed by atoms with Crippen molar-refractivity contribution in [1.82, 2.24) is 4.90 Å². The van der Waals surface area contributed by atoms with Crippen molar-refractivity contribution in [2.45, 2.75) is 26.2 Å². The lowest BCUT2D eigenvalue weighted by Gasteiger charge is -2.38. The van der Waals surface area contributed by atoms with E-state index in [0.717, 1.165) is 0 Å². The third-order valence-corrected chi connectivity index (χ3v) is 2.92. The first-order valence-corrected chi connectivity index (χ1v) is 4.94. The van der Waals surface area contributed by atoms with Gasteiger partial charge in [-0.2, -0.15) is 0 Å². The molecule has 1 rings (SSSR count). The van der Waals surface area contributed by atoms with Crippen molar-refractivity contribution in [1.29, 1.82) is 0 Å². The lowest BCUT2D eigenvalue weighted by atomic mass is 9.77. The number of piperidine rings is 1. The molecule has 15 heavy (non-hydrogen) atoms. The highest BCUT2D eigenvalue weighted by molar-refractivity contribution is 5.78. The zero-order valence-electron chi connectivity index (χ0n) is 8.82. The molecule has 0 saturated carbocycles. The number of amides is 1. The van der Waals surface area contributed by atoms with Gasteiger partial charge in [0.1, 0.15) is 0 Å². The number of rotatable bonds is 2. The Morgan fingerprint density at radius 3 is 2.73 bits per heavy atom. The molecule has 1 fully saturated rings. The van der Waals surface area contributed by atoms with E-state index in [2.05, 4.69) is 5.92 Å². The molecule has 1 aliphatic rings. The van der Waals surface area contributed by atoms with Crippen LogP contribution in [0.2, 0.25) is 0 Å². The van der Waals surface area contributed by atoms with Crippen molar-refractivity contribution in [2.24, 2.45) is 5.41 Å². The molecule has 4 nitrogen and oxygen atoms in total. The lowest BCUT2D eigenvalue weighted by Crippen LogP contribution is -2.49. The molecular formula is C11H15NO3. The molecule has 0 aliphatic carbocycles. The number of carboxylic acid groups (broad SMARTS) is 1. The Bertz CT molecular complexity index is 318. The van der Waals surface area contributed by atoms with Gasteiger partial charge < -0.3 is 10.0 Å². The summed E-state index contributed by atoms with van der Waals surface area (Å²) in [7, 11) is 0. The predicted molar refractivity (Wildman–Crippen MR) is 55.0 cm³/mol. The summed E-state index contributed by atoms with van der Waals surface area (Å²) in [4.78, 5) is 24.0. The highest BCUT2D eigenvalue weighted by atomic mass is 16.4. The van der Waals surface area contributed by atoms with Gasteiger partial charge in [-0.25, -0.2) is 0 Å². The Labute approximate surface area is 89.3 Å². The van der Waals surface area contributed by atoms with Crippen molar-refractivity contribution in [3.63, 3.8) is 0 Å². The van der Waals surface area contributed by atoms with E-state index in [1.165, 1.54) is 6.92 Å². The van der Waals surface area contributed by atoms with Crippen LogP contribution < -0.4 is 0 Å². The summed E-state index contributed by atoms with van der Waals surface area (Å²) in [5.41, 5.74) is -0.932. The summed E-state index contributed by atoms with van der Waals surface area (Å²) in [5.74, 6) is 1.42. The van der Waals surface area contributed by atoms with Gasteiger partial charge in [0.2, 0.25) is 5.91 Å². The van der Waals surface area contributed by atoms with E-state index in [4.69, 9.17) is 6.42 Å². The fraction of sp³-hybridized carbons (Fsp3) is 0.636. The van der Waals surface area contributed by atoms with Gasteiger partial charge in [-0.1, -0.05) is 0 Å². The van der Waals surface area contributed by atoms with Gasteiger partial charge in [0.25, 0.3) is 0 Å².